The minimum atomic E-state index is -0.654. The smallest absolute Gasteiger partial charge is 0.221 e. The van der Waals surface area contributed by atoms with E-state index in [-0.39, 0.29) is 30.2 Å². The molecule has 0 fully saturated rings. The average Bonchev–Trinajstić information content (AvgIpc) is 3.58. The van der Waals surface area contributed by atoms with Gasteiger partial charge in [0.25, 0.3) is 0 Å². The van der Waals surface area contributed by atoms with E-state index in [0.717, 1.165) is 38.4 Å². The maximum absolute atomic E-state index is 14.0. The topological polar surface area (TPSA) is 82.2 Å². The molecule has 4 aromatic heterocycles. The minimum absolute atomic E-state index is 0.0931. The minimum Gasteiger partial charge on any atom is -0.485 e. The number of fused-ring (bicyclic) bond motifs is 2. The number of halogens is 5. The lowest BCUT2D eigenvalue weighted by Gasteiger charge is -2.11. The summed E-state index contributed by atoms with van der Waals surface area (Å²) in [7, 11) is 0. The number of hydrogen-bond acceptors (Lipinski definition) is 5. The van der Waals surface area contributed by atoms with Crippen molar-refractivity contribution < 1.29 is 31.8 Å². The van der Waals surface area contributed by atoms with Gasteiger partial charge in [0.15, 0.2) is 22.8 Å². The van der Waals surface area contributed by atoms with Gasteiger partial charge in [-0.15, -0.1) is 0 Å². The van der Waals surface area contributed by atoms with E-state index in [1.807, 2.05) is 73.2 Å². The van der Waals surface area contributed by atoms with Crippen LogP contribution in [0.5, 0.6) is 11.5 Å². The molecule has 3 aromatic carbocycles. The first-order valence-corrected chi connectivity index (χ1v) is 17.2. The zero-order chi connectivity index (χ0) is 38.0. The number of aromatic nitrogens is 4. The second kappa shape index (κ2) is 15.5. The Bertz CT molecular complexity index is 2460. The van der Waals surface area contributed by atoms with Crippen molar-refractivity contribution in [1.29, 1.82) is 0 Å². The molecule has 1 amide bonds. The summed E-state index contributed by atoms with van der Waals surface area (Å²) < 4.78 is 71.3. The lowest BCUT2D eigenvalue weighted by Crippen LogP contribution is -2.05. The zero-order valence-corrected chi connectivity index (χ0v) is 31.0. The van der Waals surface area contributed by atoms with Crippen LogP contribution >= 0.6 is 15.9 Å². The van der Waals surface area contributed by atoms with E-state index < -0.39 is 23.3 Å². The highest BCUT2D eigenvalue weighted by Crippen LogP contribution is 2.32. The highest BCUT2D eigenvalue weighted by Gasteiger charge is 2.18. The summed E-state index contributed by atoms with van der Waals surface area (Å²) >= 11 is 3.46. The predicted molar refractivity (Wildman–Crippen MR) is 198 cm³/mol. The van der Waals surface area contributed by atoms with Gasteiger partial charge in [0.2, 0.25) is 5.91 Å². The van der Waals surface area contributed by atoms with E-state index in [1.54, 1.807) is 12.1 Å². The SMILES string of the molecule is CC(=O)Nc1cccc(-c2c(C)nc3c(OCc4c(F)cccc4F)cc(C)cn23)c1.Cc1cc(OCc2c(F)cccc2F)c2nc(C)c(Br)n2c1. The maximum Gasteiger partial charge on any atom is 0.221 e. The fourth-order valence-corrected chi connectivity index (χ4v) is 6.19. The number of benzene rings is 3. The third-order valence-electron chi connectivity index (χ3n) is 8.24. The van der Waals surface area contributed by atoms with Crippen LogP contribution in [0.3, 0.4) is 0 Å². The predicted octanol–water partition coefficient (Wildman–Crippen LogP) is 10.0. The molecule has 0 saturated carbocycles. The molecule has 0 atom stereocenters. The fraction of sp³-hybridized carbons (Fsp3) is 0.175. The molecule has 7 rings (SSSR count). The van der Waals surface area contributed by atoms with Crippen molar-refractivity contribution in [3.05, 3.63) is 147 Å². The molecular formula is C40H34BrF4N5O3. The van der Waals surface area contributed by atoms with Crippen molar-refractivity contribution in [1.82, 2.24) is 18.8 Å². The Balaban J connectivity index is 0.000000192. The molecular weight excluding hydrogens is 754 g/mol. The summed E-state index contributed by atoms with van der Waals surface area (Å²) in [5.74, 6) is -1.79. The Morgan fingerprint density at radius 2 is 1.17 bits per heavy atom. The normalized spacial score (nSPS) is 11.1. The Morgan fingerprint density at radius 3 is 1.70 bits per heavy atom. The number of carbonyl (C=O) groups is 1. The first-order valence-electron chi connectivity index (χ1n) is 16.4. The Labute approximate surface area is 311 Å². The summed E-state index contributed by atoms with van der Waals surface area (Å²) in [6, 6.07) is 18.5. The lowest BCUT2D eigenvalue weighted by atomic mass is 10.1. The number of imidazole rings is 2. The number of nitrogens with one attached hydrogen (secondary N) is 1. The summed E-state index contributed by atoms with van der Waals surface area (Å²) in [5.41, 5.74) is 6.73. The van der Waals surface area contributed by atoms with Crippen molar-refractivity contribution in [2.24, 2.45) is 0 Å². The third-order valence-corrected chi connectivity index (χ3v) is 9.20. The number of hydrogen-bond donors (Lipinski definition) is 1. The highest BCUT2D eigenvalue weighted by atomic mass is 79.9. The van der Waals surface area contributed by atoms with Crippen LogP contribution in [0, 0.1) is 51.0 Å². The number of aryl methyl sites for hydroxylation is 4. The lowest BCUT2D eigenvalue weighted by molar-refractivity contribution is -0.114. The van der Waals surface area contributed by atoms with Crippen molar-refractivity contribution in [3.63, 3.8) is 0 Å². The molecule has 0 aliphatic carbocycles. The van der Waals surface area contributed by atoms with Crippen LogP contribution in [0.1, 0.15) is 40.6 Å². The molecule has 0 radical (unpaired) electrons. The molecule has 1 N–H and O–H groups in total. The molecule has 272 valence electrons. The number of rotatable bonds is 8. The van der Waals surface area contributed by atoms with Gasteiger partial charge in [-0.05, 0) is 103 Å². The quantitative estimate of drug-likeness (QED) is 0.155. The van der Waals surface area contributed by atoms with Gasteiger partial charge in [0.1, 0.15) is 41.1 Å². The van der Waals surface area contributed by atoms with Crippen LogP contribution in [0.4, 0.5) is 23.2 Å². The first-order chi connectivity index (χ1) is 25.3. The molecule has 0 bridgehead atoms. The second-order valence-corrected chi connectivity index (χ2v) is 13.2. The van der Waals surface area contributed by atoms with Crippen molar-refractivity contribution in [2.75, 3.05) is 5.32 Å². The van der Waals surface area contributed by atoms with Gasteiger partial charge in [-0.3, -0.25) is 13.6 Å². The molecule has 0 aliphatic heterocycles. The highest BCUT2D eigenvalue weighted by molar-refractivity contribution is 9.10. The molecule has 0 saturated heterocycles. The number of ether oxygens (including phenoxy) is 2. The average molecular weight is 789 g/mol. The standard InChI is InChI=1S/C24H21F2N3O2.C16H13BrF2N2O/c1-14-10-22(31-13-19-20(25)8-5-9-21(19)26)24-27-15(2)23(29(24)12-14)17-6-4-7-18(11-17)28-16(3)30;1-9-6-14(16-20-10(2)15(17)21(16)7-9)22-8-11-12(18)4-3-5-13(11)19/h4-12H,13H2,1-3H3,(H,28,30);3-7H,8H2,1-2H3. The van der Waals surface area contributed by atoms with Gasteiger partial charge in [-0.1, -0.05) is 24.3 Å². The van der Waals surface area contributed by atoms with Gasteiger partial charge in [0, 0.05) is 30.6 Å². The summed E-state index contributed by atoms with van der Waals surface area (Å²) in [4.78, 5) is 20.5. The molecule has 0 spiro atoms. The molecule has 0 aliphatic rings. The van der Waals surface area contributed by atoms with Crippen LogP contribution in [-0.2, 0) is 18.0 Å². The molecule has 4 heterocycles. The number of pyridine rings is 2. The number of carbonyl (C=O) groups excluding carboxylic acids is 1. The Hall–Kier alpha value is -5.69. The van der Waals surface area contributed by atoms with E-state index in [9.17, 15) is 22.4 Å². The number of anilines is 1. The molecule has 7 aromatic rings. The molecule has 13 heteroatoms. The maximum atomic E-state index is 14.0. The Morgan fingerprint density at radius 1 is 0.698 bits per heavy atom. The molecule has 8 nitrogen and oxygen atoms in total. The largest absolute Gasteiger partial charge is 0.485 e. The van der Waals surface area contributed by atoms with Gasteiger partial charge >= 0.3 is 0 Å². The van der Waals surface area contributed by atoms with Crippen molar-refractivity contribution in [3.8, 4) is 22.8 Å². The third kappa shape index (κ3) is 8.05. The van der Waals surface area contributed by atoms with Crippen LogP contribution in [-0.4, -0.2) is 24.7 Å². The van der Waals surface area contributed by atoms with Crippen LogP contribution in [0.15, 0.2) is 89.8 Å². The van der Waals surface area contributed by atoms with E-state index >= 15 is 0 Å². The summed E-state index contributed by atoms with van der Waals surface area (Å²) in [5, 5.41) is 2.78. The van der Waals surface area contributed by atoms with Crippen LogP contribution in [0.25, 0.3) is 22.6 Å². The van der Waals surface area contributed by atoms with Crippen LogP contribution < -0.4 is 14.8 Å². The van der Waals surface area contributed by atoms with E-state index in [4.69, 9.17) is 9.47 Å². The first kappa shape index (κ1) is 37.1. The monoisotopic (exact) mass is 787 g/mol. The van der Waals surface area contributed by atoms with Crippen molar-refractivity contribution >= 4 is 38.8 Å². The second-order valence-electron chi connectivity index (χ2n) is 12.4. The van der Waals surface area contributed by atoms with E-state index in [0.29, 0.717) is 28.5 Å². The Kier molecular flexibility index (Phi) is 10.8. The number of amides is 1. The van der Waals surface area contributed by atoms with Gasteiger partial charge in [0.05, 0.1) is 28.2 Å². The van der Waals surface area contributed by atoms with E-state index in [2.05, 4.69) is 31.2 Å². The molecule has 0 unspecified atom stereocenters. The van der Waals surface area contributed by atoms with Gasteiger partial charge in [-0.25, -0.2) is 27.5 Å². The summed E-state index contributed by atoms with van der Waals surface area (Å²) in [6.07, 6.45) is 3.84. The van der Waals surface area contributed by atoms with Gasteiger partial charge in [-0.2, -0.15) is 0 Å². The fourth-order valence-electron chi connectivity index (χ4n) is 5.84. The van der Waals surface area contributed by atoms with Gasteiger partial charge < -0.3 is 14.8 Å². The molecule has 53 heavy (non-hydrogen) atoms. The summed E-state index contributed by atoms with van der Waals surface area (Å²) in [6.45, 7) is 8.58. The number of nitrogens with zero attached hydrogens (tertiary/aromatic N) is 4. The van der Waals surface area contributed by atoms with E-state index in [1.165, 1.54) is 43.3 Å². The van der Waals surface area contributed by atoms with Crippen LogP contribution in [0.2, 0.25) is 0 Å². The zero-order valence-electron chi connectivity index (χ0n) is 29.4. The van der Waals surface area contributed by atoms with Crippen molar-refractivity contribution in [2.45, 2.75) is 47.8 Å².